The molecule has 0 unspecified atom stereocenters. The SMILES string of the molecule is CC(C)CCCC(=O)c1cccnc1. The first-order chi connectivity index (χ1) is 6.70. The van der Waals surface area contributed by atoms with Gasteiger partial charge in [0.2, 0.25) is 0 Å². The summed E-state index contributed by atoms with van der Waals surface area (Å²) in [6, 6.07) is 3.63. The maximum atomic E-state index is 11.6. The Balaban J connectivity index is 2.36. The smallest absolute Gasteiger partial charge is 0.164 e. The third kappa shape index (κ3) is 3.69. The van der Waals surface area contributed by atoms with Crippen LogP contribution >= 0.6 is 0 Å². The summed E-state index contributed by atoms with van der Waals surface area (Å²) >= 11 is 0. The van der Waals surface area contributed by atoms with E-state index in [1.807, 2.05) is 6.07 Å². The average Bonchev–Trinajstić information content (AvgIpc) is 2.18. The predicted molar refractivity (Wildman–Crippen MR) is 57.3 cm³/mol. The number of pyridine rings is 1. The highest BCUT2D eigenvalue weighted by Gasteiger charge is 2.05. The number of carbonyl (C=O) groups excluding carboxylic acids is 1. The summed E-state index contributed by atoms with van der Waals surface area (Å²) in [5, 5.41) is 0. The molecule has 0 amide bonds. The van der Waals surface area contributed by atoms with Gasteiger partial charge in [0.25, 0.3) is 0 Å². The van der Waals surface area contributed by atoms with E-state index >= 15 is 0 Å². The van der Waals surface area contributed by atoms with Crippen LogP contribution < -0.4 is 0 Å². The summed E-state index contributed by atoms with van der Waals surface area (Å²) < 4.78 is 0. The molecule has 0 saturated heterocycles. The number of rotatable bonds is 5. The van der Waals surface area contributed by atoms with Crippen molar-refractivity contribution in [3.63, 3.8) is 0 Å². The molecule has 0 fully saturated rings. The Labute approximate surface area is 85.4 Å². The van der Waals surface area contributed by atoms with Gasteiger partial charge in [-0.2, -0.15) is 0 Å². The second kappa shape index (κ2) is 5.53. The Kier molecular flexibility index (Phi) is 4.30. The van der Waals surface area contributed by atoms with Crippen LogP contribution in [-0.2, 0) is 0 Å². The minimum atomic E-state index is 0.207. The van der Waals surface area contributed by atoms with E-state index in [4.69, 9.17) is 0 Å². The lowest BCUT2D eigenvalue weighted by Crippen LogP contribution is -2.00. The molecule has 0 aliphatic rings. The van der Waals surface area contributed by atoms with Crippen molar-refractivity contribution < 1.29 is 4.79 Å². The van der Waals surface area contributed by atoms with Crippen LogP contribution in [0.25, 0.3) is 0 Å². The average molecular weight is 191 g/mol. The van der Waals surface area contributed by atoms with Gasteiger partial charge in [-0.25, -0.2) is 0 Å². The van der Waals surface area contributed by atoms with Gasteiger partial charge in [0.1, 0.15) is 0 Å². The van der Waals surface area contributed by atoms with Crippen molar-refractivity contribution >= 4 is 5.78 Å². The molecule has 1 heterocycles. The van der Waals surface area contributed by atoms with Gasteiger partial charge >= 0.3 is 0 Å². The van der Waals surface area contributed by atoms with Crippen molar-refractivity contribution in [3.8, 4) is 0 Å². The number of hydrogen-bond acceptors (Lipinski definition) is 2. The minimum absolute atomic E-state index is 0.207. The predicted octanol–water partition coefficient (Wildman–Crippen LogP) is 3.09. The molecule has 2 heteroatoms. The fourth-order valence-electron chi connectivity index (χ4n) is 1.34. The first-order valence-corrected chi connectivity index (χ1v) is 5.13. The van der Waals surface area contributed by atoms with Gasteiger partial charge in [-0.1, -0.05) is 20.3 Å². The van der Waals surface area contributed by atoms with Crippen LogP contribution in [0.4, 0.5) is 0 Å². The van der Waals surface area contributed by atoms with E-state index < -0.39 is 0 Å². The van der Waals surface area contributed by atoms with Crippen molar-refractivity contribution in [2.24, 2.45) is 5.92 Å². The van der Waals surface area contributed by atoms with Gasteiger partial charge in [-0.05, 0) is 24.5 Å². The van der Waals surface area contributed by atoms with E-state index in [-0.39, 0.29) is 5.78 Å². The van der Waals surface area contributed by atoms with Crippen molar-refractivity contribution in [2.45, 2.75) is 33.1 Å². The Morgan fingerprint density at radius 1 is 1.50 bits per heavy atom. The van der Waals surface area contributed by atoms with Crippen LogP contribution in [0.5, 0.6) is 0 Å². The molecule has 0 atom stereocenters. The molecule has 0 aromatic carbocycles. The van der Waals surface area contributed by atoms with E-state index in [1.165, 1.54) is 0 Å². The Hall–Kier alpha value is -1.18. The Morgan fingerprint density at radius 3 is 2.86 bits per heavy atom. The highest BCUT2D eigenvalue weighted by molar-refractivity contribution is 5.95. The topological polar surface area (TPSA) is 30.0 Å². The lowest BCUT2D eigenvalue weighted by atomic mass is 10.0. The molecule has 0 aliphatic carbocycles. The van der Waals surface area contributed by atoms with Crippen molar-refractivity contribution in [2.75, 3.05) is 0 Å². The van der Waals surface area contributed by atoms with E-state index in [9.17, 15) is 4.79 Å². The maximum Gasteiger partial charge on any atom is 0.164 e. The second-order valence-electron chi connectivity index (χ2n) is 3.95. The van der Waals surface area contributed by atoms with Crippen molar-refractivity contribution in [1.29, 1.82) is 0 Å². The number of Topliss-reactive ketones (excluding diaryl/α,β-unsaturated/α-hetero) is 1. The number of hydrogen-bond donors (Lipinski definition) is 0. The second-order valence-corrected chi connectivity index (χ2v) is 3.95. The summed E-state index contributed by atoms with van der Waals surface area (Å²) in [6.45, 7) is 4.35. The largest absolute Gasteiger partial charge is 0.294 e. The number of ketones is 1. The van der Waals surface area contributed by atoms with Crippen LogP contribution in [0.15, 0.2) is 24.5 Å². The number of nitrogens with zero attached hydrogens (tertiary/aromatic N) is 1. The molecule has 2 nitrogen and oxygen atoms in total. The fourth-order valence-corrected chi connectivity index (χ4v) is 1.34. The quantitative estimate of drug-likeness (QED) is 0.669. The molecule has 0 spiro atoms. The van der Waals surface area contributed by atoms with Crippen LogP contribution in [0, 0.1) is 5.92 Å². The Bertz CT molecular complexity index is 280. The zero-order valence-electron chi connectivity index (χ0n) is 8.86. The molecule has 0 bridgehead atoms. The lowest BCUT2D eigenvalue weighted by molar-refractivity contribution is 0.0978. The lowest BCUT2D eigenvalue weighted by Gasteiger charge is -2.03. The van der Waals surface area contributed by atoms with Gasteiger partial charge in [0.05, 0.1) is 0 Å². The van der Waals surface area contributed by atoms with Gasteiger partial charge < -0.3 is 0 Å². The zero-order chi connectivity index (χ0) is 10.4. The summed E-state index contributed by atoms with van der Waals surface area (Å²) in [4.78, 5) is 15.5. The summed E-state index contributed by atoms with van der Waals surface area (Å²) in [5.74, 6) is 0.885. The van der Waals surface area contributed by atoms with E-state index in [0.29, 0.717) is 12.3 Å². The van der Waals surface area contributed by atoms with Gasteiger partial charge in [-0.3, -0.25) is 9.78 Å². The fraction of sp³-hybridized carbons (Fsp3) is 0.500. The normalized spacial score (nSPS) is 10.5. The van der Waals surface area contributed by atoms with E-state index in [1.54, 1.807) is 18.5 Å². The number of aromatic nitrogens is 1. The molecule has 0 N–H and O–H groups in total. The molecular weight excluding hydrogens is 174 g/mol. The maximum absolute atomic E-state index is 11.6. The first kappa shape index (κ1) is 10.9. The van der Waals surface area contributed by atoms with Crippen LogP contribution in [0.1, 0.15) is 43.5 Å². The van der Waals surface area contributed by atoms with Gasteiger partial charge in [-0.15, -0.1) is 0 Å². The van der Waals surface area contributed by atoms with Crippen LogP contribution in [0.3, 0.4) is 0 Å². The summed E-state index contributed by atoms with van der Waals surface area (Å²) in [5.41, 5.74) is 0.733. The van der Waals surface area contributed by atoms with Crippen LogP contribution in [0.2, 0.25) is 0 Å². The monoisotopic (exact) mass is 191 g/mol. The molecular formula is C12H17NO. The minimum Gasteiger partial charge on any atom is -0.294 e. The molecule has 14 heavy (non-hydrogen) atoms. The first-order valence-electron chi connectivity index (χ1n) is 5.13. The van der Waals surface area contributed by atoms with Crippen LogP contribution in [-0.4, -0.2) is 10.8 Å². The molecule has 1 rings (SSSR count). The molecule has 1 aromatic heterocycles. The third-order valence-electron chi connectivity index (χ3n) is 2.17. The van der Waals surface area contributed by atoms with Crippen molar-refractivity contribution in [3.05, 3.63) is 30.1 Å². The van der Waals surface area contributed by atoms with Crippen molar-refractivity contribution in [1.82, 2.24) is 4.98 Å². The summed E-state index contributed by atoms with van der Waals surface area (Å²) in [6.07, 6.45) is 6.06. The summed E-state index contributed by atoms with van der Waals surface area (Å²) in [7, 11) is 0. The van der Waals surface area contributed by atoms with E-state index in [2.05, 4.69) is 18.8 Å². The third-order valence-corrected chi connectivity index (χ3v) is 2.17. The molecule has 0 saturated carbocycles. The van der Waals surface area contributed by atoms with Gasteiger partial charge in [0, 0.05) is 24.4 Å². The zero-order valence-corrected chi connectivity index (χ0v) is 8.86. The molecule has 0 aliphatic heterocycles. The van der Waals surface area contributed by atoms with E-state index in [0.717, 1.165) is 18.4 Å². The highest BCUT2D eigenvalue weighted by atomic mass is 16.1. The molecule has 76 valence electrons. The highest BCUT2D eigenvalue weighted by Crippen LogP contribution is 2.09. The molecule has 0 radical (unpaired) electrons. The standard InChI is InChI=1S/C12H17NO/c1-10(2)5-3-7-12(14)11-6-4-8-13-9-11/h4,6,8-10H,3,5,7H2,1-2H3. The Morgan fingerprint density at radius 2 is 2.29 bits per heavy atom. The van der Waals surface area contributed by atoms with Gasteiger partial charge in [0.15, 0.2) is 5.78 Å². The molecule has 1 aromatic rings. The number of carbonyl (C=O) groups is 1.